The Bertz CT molecular complexity index is 630. The highest BCUT2D eigenvalue weighted by molar-refractivity contribution is 5.75. The molecule has 2 aromatic rings. The summed E-state index contributed by atoms with van der Waals surface area (Å²) in [5.74, 6) is -0.782. The number of carboxylic acid groups (broad SMARTS) is 1. The molecule has 106 valence electrons. The highest BCUT2D eigenvalue weighted by Crippen LogP contribution is 2.23. The molecule has 0 aliphatic carbocycles. The van der Waals surface area contributed by atoms with Crippen molar-refractivity contribution < 1.29 is 14.3 Å². The van der Waals surface area contributed by atoms with Crippen molar-refractivity contribution in [1.29, 1.82) is 0 Å². The van der Waals surface area contributed by atoms with Crippen molar-refractivity contribution in [3.63, 3.8) is 0 Å². The maximum atomic E-state index is 10.7. The monoisotopic (exact) mass is 275 g/mol. The SMILES string of the molecule is Cc1ccc2oc(N3CCN(CC(=O)O)CC3)nc2c1. The van der Waals surface area contributed by atoms with Crippen LogP contribution in [0.15, 0.2) is 22.6 Å². The van der Waals surface area contributed by atoms with E-state index in [1.54, 1.807) is 0 Å². The Hall–Kier alpha value is -2.08. The highest BCUT2D eigenvalue weighted by atomic mass is 16.4. The van der Waals surface area contributed by atoms with E-state index >= 15 is 0 Å². The van der Waals surface area contributed by atoms with E-state index in [1.807, 2.05) is 30.0 Å². The van der Waals surface area contributed by atoms with E-state index in [4.69, 9.17) is 9.52 Å². The number of piperazine rings is 1. The maximum Gasteiger partial charge on any atom is 0.317 e. The number of nitrogens with zero attached hydrogens (tertiary/aromatic N) is 3. The molecule has 1 N–H and O–H groups in total. The molecule has 1 aliphatic rings. The van der Waals surface area contributed by atoms with Gasteiger partial charge in [-0.25, -0.2) is 0 Å². The molecule has 0 bridgehead atoms. The number of oxazole rings is 1. The molecule has 20 heavy (non-hydrogen) atoms. The van der Waals surface area contributed by atoms with E-state index in [1.165, 1.54) is 0 Å². The minimum Gasteiger partial charge on any atom is -0.480 e. The summed E-state index contributed by atoms with van der Waals surface area (Å²) in [6.45, 7) is 5.02. The van der Waals surface area contributed by atoms with Crippen molar-refractivity contribution in [3.05, 3.63) is 23.8 Å². The average molecular weight is 275 g/mol. The number of anilines is 1. The van der Waals surface area contributed by atoms with Crippen LogP contribution in [0.1, 0.15) is 5.56 Å². The zero-order chi connectivity index (χ0) is 14.1. The molecule has 1 fully saturated rings. The summed E-state index contributed by atoms with van der Waals surface area (Å²) in [4.78, 5) is 19.2. The zero-order valence-corrected chi connectivity index (χ0v) is 11.4. The van der Waals surface area contributed by atoms with Crippen LogP contribution >= 0.6 is 0 Å². The van der Waals surface area contributed by atoms with Gasteiger partial charge in [0.2, 0.25) is 0 Å². The van der Waals surface area contributed by atoms with E-state index in [0.29, 0.717) is 19.1 Å². The molecule has 2 heterocycles. The zero-order valence-electron chi connectivity index (χ0n) is 11.4. The van der Waals surface area contributed by atoms with Gasteiger partial charge in [0, 0.05) is 26.2 Å². The van der Waals surface area contributed by atoms with Crippen LogP contribution in [0.25, 0.3) is 11.1 Å². The molecule has 1 aliphatic heterocycles. The number of hydrogen-bond donors (Lipinski definition) is 1. The van der Waals surface area contributed by atoms with E-state index in [9.17, 15) is 4.79 Å². The number of hydrogen-bond acceptors (Lipinski definition) is 5. The quantitative estimate of drug-likeness (QED) is 0.911. The van der Waals surface area contributed by atoms with Crippen molar-refractivity contribution in [2.75, 3.05) is 37.6 Å². The van der Waals surface area contributed by atoms with Crippen LogP contribution in [0.3, 0.4) is 0 Å². The number of aryl methyl sites for hydroxylation is 1. The first-order valence-electron chi connectivity index (χ1n) is 6.68. The van der Waals surface area contributed by atoms with Crippen molar-refractivity contribution in [2.45, 2.75) is 6.92 Å². The van der Waals surface area contributed by atoms with Gasteiger partial charge in [-0.3, -0.25) is 9.69 Å². The predicted octanol–water partition coefficient (Wildman–Crippen LogP) is 1.34. The van der Waals surface area contributed by atoms with Crippen LogP contribution in [-0.4, -0.2) is 53.7 Å². The lowest BCUT2D eigenvalue weighted by Crippen LogP contribution is -2.48. The number of benzene rings is 1. The van der Waals surface area contributed by atoms with Gasteiger partial charge in [-0.2, -0.15) is 4.98 Å². The smallest absolute Gasteiger partial charge is 0.317 e. The van der Waals surface area contributed by atoms with Crippen LogP contribution in [-0.2, 0) is 4.79 Å². The molecule has 0 saturated carbocycles. The minimum absolute atomic E-state index is 0.0978. The second-order valence-electron chi connectivity index (χ2n) is 5.12. The molecule has 6 heteroatoms. The summed E-state index contributed by atoms with van der Waals surface area (Å²) in [5, 5.41) is 8.78. The lowest BCUT2D eigenvalue weighted by atomic mass is 10.2. The van der Waals surface area contributed by atoms with Gasteiger partial charge in [0.25, 0.3) is 6.01 Å². The first kappa shape index (κ1) is 12.9. The molecule has 6 nitrogen and oxygen atoms in total. The molecule has 0 radical (unpaired) electrons. The Labute approximate surface area is 116 Å². The van der Waals surface area contributed by atoms with Crippen molar-refractivity contribution in [1.82, 2.24) is 9.88 Å². The second-order valence-corrected chi connectivity index (χ2v) is 5.12. The standard InChI is InChI=1S/C14H17N3O3/c1-10-2-3-12-11(8-10)15-14(20-12)17-6-4-16(5-7-17)9-13(18)19/h2-3,8H,4-7,9H2,1H3,(H,18,19). The third-order valence-corrected chi connectivity index (χ3v) is 3.53. The largest absolute Gasteiger partial charge is 0.480 e. The summed E-state index contributed by atoms with van der Waals surface area (Å²) in [6, 6.07) is 6.56. The Morgan fingerprint density at radius 2 is 2.10 bits per heavy atom. The van der Waals surface area contributed by atoms with Gasteiger partial charge in [-0.15, -0.1) is 0 Å². The average Bonchev–Trinajstić information content (AvgIpc) is 2.81. The number of fused-ring (bicyclic) bond motifs is 1. The van der Waals surface area contributed by atoms with Crippen LogP contribution in [0.5, 0.6) is 0 Å². The van der Waals surface area contributed by atoms with Gasteiger partial charge in [0.15, 0.2) is 5.58 Å². The summed E-state index contributed by atoms with van der Waals surface area (Å²) < 4.78 is 5.76. The molecule has 0 amide bonds. The highest BCUT2D eigenvalue weighted by Gasteiger charge is 2.22. The Balaban J connectivity index is 1.71. The van der Waals surface area contributed by atoms with Gasteiger partial charge in [0.1, 0.15) is 5.52 Å². The fourth-order valence-corrected chi connectivity index (χ4v) is 2.45. The minimum atomic E-state index is -0.782. The van der Waals surface area contributed by atoms with Gasteiger partial charge < -0.3 is 14.4 Å². The normalized spacial score (nSPS) is 16.8. The second kappa shape index (κ2) is 5.13. The molecule has 0 spiro atoms. The van der Waals surface area contributed by atoms with Gasteiger partial charge in [-0.1, -0.05) is 6.07 Å². The summed E-state index contributed by atoms with van der Waals surface area (Å²) in [5.41, 5.74) is 2.81. The van der Waals surface area contributed by atoms with Crippen LogP contribution in [0.4, 0.5) is 6.01 Å². The Kier molecular flexibility index (Phi) is 3.31. The lowest BCUT2D eigenvalue weighted by Gasteiger charge is -2.32. The number of aliphatic carboxylic acids is 1. The molecule has 0 unspecified atom stereocenters. The first-order chi connectivity index (χ1) is 9.61. The summed E-state index contributed by atoms with van der Waals surface area (Å²) in [6.07, 6.45) is 0. The Morgan fingerprint density at radius 1 is 1.35 bits per heavy atom. The molecule has 3 rings (SSSR count). The number of carboxylic acids is 1. The molecule has 0 atom stereocenters. The third kappa shape index (κ3) is 2.60. The van der Waals surface area contributed by atoms with Gasteiger partial charge in [-0.05, 0) is 24.6 Å². The van der Waals surface area contributed by atoms with E-state index in [2.05, 4.69) is 9.88 Å². The van der Waals surface area contributed by atoms with Gasteiger partial charge in [0.05, 0.1) is 6.54 Å². The van der Waals surface area contributed by atoms with Crippen LogP contribution < -0.4 is 4.90 Å². The number of aromatic nitrogens is 1. The van der Waals surface area contributed by atoms with Crippen LogP contribution in [0, 0.1) is 6.92 Å². The van der Waals surface area contributed by atoms with Gasteiger partial charge >= 0.3 is 5.97 Å². The first-order valence-corrected chi connectivity index (χ1v) is 6.68. The third-order valence-electron chi connectivity index (χ3n) is 3.53. The summed E-state index contributed by atoms with van der Waals surface area (Å²) in [7, 11) is 0. The molecule has 1 saturated heterocycles. The summed E-state index contributed by atoms with van der Waals surface area (Å²) >= 11 is 0. The predicted molar refractivity (Wildman–Crippen MR) is 75.0 cm³/mol. The Morgan fingerprint density at radius 3 is 2.80 bits per heavy atom. The van der Waals surface area contributed by atoms with Crippen molar-refractivity contribution in [2.24, 2.45) is 0 Å². The number of carbonyl (C=O) groups is 1. The fourth-order valence-electron chi connectivity index (χ4n) is 2.45. The van der Waals surface area contributed by atoms with E-state index in [-0.39, 0.29) is 6.54 Å². The van der Waals surface area contributed by atoms with E-state index in [0.717, 1.165) is 29.8 Å². The van der Waals surface area contributed by atoms with E-state index < -0.39 is 5.97 Å². The molecular weight excluding hydrogens is 258 g/mol. The van der Waals surface area contributed by atoms with Crippen LogP contribution in [0.2, 0.25) is 0 Å². The molecule has 1 aromatic carbocycles. The fraction of sp³-hybridized carbons (Fsp3) is 0.429. The lowest BCUT2D eigenvalue weighted by molar-refractivity contribution is -0.138. The molecule has 1 aromatic heterocycles. The number of rotatable bonds is 3. The molecular formula is C14H17N3O3. The van der Waals surface area contributed by atoms with Crippen molar-refractivity contribution in [3.8, 4) is 0 Å². The van der Waals surface area contributed by atoms with Crippen molar-refractivity contribution >= 4 is 23.1 Å². The topological polar surface area (TPSA) is 69.8 Å². The maximum absolute atomic E-state index is 10.7.